The van der Waals surface area contributed by atoms with Crippen LogP contribution in [0.2, 0.25) is 0 Å². The minimum atomic E-state index is -0.825. The molecule has 0 spiro atoms. The fourth-order valence-electron chi connectivity index (χ4n) is 2.27. The summed E-state index contributed by atoms with van der Waals surface area (Å²) in [6.07, 6.45) is 5.15. The van der Waals surface area contributed by atoms with Crippen molar-refractivity contribution < 1.29 is 8.78 Å². The molecule has 1 aromatic carbocycles. The highest BCUT2D eigenvalue weighted by molar-refractivity contribution is 5.80. The number of guanidine groups is 1. The van der Waals surface area contributed by atoms with Crippen LogP contribution >= 0.6 is 0 Å². The molecule has 1 unspecified atom stereocenters. The predicted molar refractivity (Wildman–Crippen MR) is 81.2 cm³/mol. The van der Waals surface area contributed by atoms with Crippen molar-refractivity contribution in [3.63, 3.8) is 0 Å². The van der Waals surface area contributed by atoms with Crippen molar-refractivity contribution in [3.8, 4) is 0 Å². The third-order valence-corrected chi connectivity index (χ3v) is 3.80. The maximum atomic E-state index is 13.2. The van der Waals surface area contributed by atoms with Gasteiger partial charge < -0.3 is 10.6 Å². The second-order valence-electron chi connectivity index (χ2n) is 5.62. The summed E-state index contributed by atoms with van der Waals surface area (Å²) >= 11 is 0. The summed E-state index contributed by atoms with van der Waals surface area (Å²) in [5.41, 5.74) is 0.690. The van der Waals surface area contributed by atoms with E-state index in [4.69, 9.17) is 0 Å². The first-order valence-corrected chi connectivity index (χ1v) is 7.52. The van der Waals surface area contributed by atoms with Crippen LogP contribution < -0.4 is 10.6 Å². The molecule has 21 heavy (non-hydrogen) atoms. The van der Waals surface area contributed by atoms with E-state index in [1.165, 1.54) is 25.3 Å². The maximum absolute atomic E-state index is 13.2. The molecule has 1 aromatic rings. The molecule has 0 saturated heterocycles. The molecule has 1 fully saturated rings. The fourth-order valence-corrected chi connectivity index (χ4v) is 2.27. The minimum Gasteiger partial charge on any atom is -0.356 e. The fraction of sp³-hybridized carbons (Fsp3) is 0.562. The Balaban J connectivity index is 1.80. The van der Waals surface area contributed by atoms with Crippen molar-refractivity contribution >= 4 is 5.96 Å². The zero-order valence-electron chi connectivity index (χ0n) is 12.6. The van der Waals surface area contributed by atoms with Crippen LogP contribution in [0.4, 0.5) is 8.78 Å². The van der Waals surface area contributed by atoms with Crippen molar-refractivity contribution in [2.75, 3.05) is 13.6 Å². The molecule has 3 nitrogen and oxygen atoms in total. The molecule has 0 amide bonds. The molecule has 5 heteroatoms. The Bertz CT molecular complexity index is 498. The molecule has 0 heterocycles. The van der Waals surface area contributed by atoms with Crippen LogP contribution in [-0.2, 0) is 0 Å². The van der Waals surface area contributed by atoms with Crippen molar-refractivity contribution in [1.82, 2.24) is 10.6 Å². The van der Waals surface area contributed by atoms with Gasteiger partial charge in [-0.3, -0.25) is 4.99 Å². The molecule has 2 rings (SSSR count). The van der Waals surface area contributed by atoms with E-state index in [9.17, 15) is 8.78 Å². The molecular formula is C16H23F2N3. The Hall–Kier alpha value is -1.65. The first-order valence-electron chi connectivity index (χ1n) is 7.52. The van der Waals surface area contributed by atoms with Crippen molar-refractivity contribution in [2.24, 2.45) is 10.9 Å². The summed E-state index contributed by atoms with van der Waals surface area (Å²) < 4.78 is 26.2. The normalized spacial score (nSPS) is 16.7. The Morgan fingerprint density at radius 2 is 2.10 bits per heavy atom. The van der Waals surface area contributed by atoms with Crippen LogP contribution in [0.5, 0.6) is 0 Å². The highest BCUT2D eigenvalue weighted by Crippen LogP contribution is 2.33. The molecule has 116 valence electrons. The van der Waals surface area contributed by atoms with Gasteiger partial charge in [0.2, 0.25) is 0 Å². The number of hydrogen-bond acceptors (Lipinski definition) is 1. The topological polar surface area (TPSA) is 36.4 Å². The van der Waals surface area contributed by atoms with Crippen LogP contribution in [0, 0.1) is 17.6 Å². The third kappa shape index (κ3) is 4.99. The lowest BCUT2D eigenvalue weighted by molar-refractivity contribution is 0.504. The summed E-state index contributed by atoms with van der Waals surface area (Å²) in [5, 5.41) is 6.43. The first-order chi connectivity index (χ1) is 10.1. The molecule has 0 bridgehead atoms. The van der Waals surface area contributed by atoms with Crippen LogP contribution in [0.25, 0.3) is 0 Å². The number of halogens is 2. The van der Waals surface area contributed by atoms with Gasteiger partial charge in [0, 0.05) is 13.6 Å². The Morgan fingerprint density at radius 3 is 2.71 bits per heavy atom. The molecule has 2 N–H and O–H groups in total. The van der Waals surface area contributed by atoms with Gasteiger partial charge in [-0.25, -0.2) is 8.78 Å². The third-order valence-electron chi connectivity index (χ3n) is 3.80. The van der Waals surface area contributed by atoms with Crippen molar-refractivity contribution in [3.05, 3.63) is 35.4 Å². The summed E-state index contributed by atoms with van der Waals surface area (Å²) in [5.74, 6) is -0.0343. The van der Waals surface area contributed by atoms with E-state index in [0.717, 1.165) is 24.9 Å². The van der Waals surface area contributed by atoms with Gasteiger partial charge in [0.25, 0.3) is 0 Å². The number of benzene rings is 1. The summed E-state index contributed by atoms with van der Waals surface area (Å²) in [7, 11) is 1.70. The van der Waals surface area contributed by atoms with Crippen LogP contribution in [0.3, 0.4) is 0 Å². The molecule has 0 radical (unpaired) electrons. The Labute approximate surface area is 124 Å². The van der Waals surface area contributed by atoms with Gasteiger partial charge in [-0.2, -0.15) is 0 Å². The van der Waals surface area contributed by atoms with E-state index in [2.05, 4.69) is 15.6 Å². The quantitative estimate of drug-likeness (QED) is 0.479. The summed E-state index contributed by atoms with van der Waals surface area (Å²) in [6, 6.07) is 3.80. The van der Waals surface area contributed by atoms with Crippen LogP contribution in [-0.4, -0.2) is 19.6 Å². The van der Waals surface area contributed by atoms with E-state index in [1.54, 1.807) is 13.1 Å². The molecular weight excluding hydrogens is 272 g/mol. The highest BCUT2D eigenvalue weighted by Gasteiger charge is 2.20. The summed E-state index contributed by atoms with van der Waals surface area (Å²) in [6.45, 7) is 2.77. The zero-order valence-corrected chi connectivity index (χ0v) is 12.6. The average molecular weight is 295 g/mol. The number of aliphatic imine (C=N–C) groups is 1. The second kappa shape index (κ2) is 7.38. The minimum absolute atomic E-state index is 0.144. The molecule has 0 aliphatic heterocycles. The van der Waals surface area contributed by atoms with E-state index in [1.807, 2.05) is 6.92 Å². The predicted octanol–water partition coefficient (Wildman–Crippen LogP) is 3.38. The lowest BCUT2D eigenvalue weighted by Gasteiger charge is -2.18. The summed E-state index contributed by atoms with van der Waals surface area (Å²) in [4.78, 5) is 4.15. The first kappa shape index (κ1) is 15.7. The van der Waals surface area contributed by atoms with Gasteiger partial charge in [0.05, 0.1) is 6.04 Å². The molecule has 1 saturated carbocycles. The Kier molecular flexibility index (Phi) is 5.53. The second-order valence-corrected chi connectivity index (χ2v) is 5.62. The van der Waals surface area contributed by atoms with Crippen LogP contribution in [0.1, 0.15) is 44.2 Å². The van der Waals surface area contributed by atoms with Gasteiger partial charge in [-0.05, 0) is 43.4 Å². The zero-order chi connectivity index (χ0) is 15.2. The number of hydrogen-bond donors (Lipinski definition) is 2. The monoisotopic (exact) mass is 295 g/mol. The van der Waals surface area contributed by atoms with E-state index < -0.39 is 11.6 Å². The van der Waals surface area contributed by atoms with Gasteiger partial charge in [0.15, 0.2) is 17.6 Å². The lowest BCUT2D eigenvalue weighted by Crippen LogP contribution is -2.39. The largest absolute Gasteiger partial charge is 0.356 e. The van der Waals surface area contributed by atoms with E-state index in [-0.39, 0.29) is 6.04 Å². The standard InChI is InChI=1S/C16H23F2N3/c1-11(13-7-8-14(17)15(18)10-13)21-16(19-2)20-9-3-4-12-5-6-12/h7-8,10-12H,3-6,9H2,1-2H3,(H2,19,20,21). The van der Waals surface area contributed by atoms with E-state index in [0.29, 0.717) is 11.5 Å². The lowest BCUT2D eigenvalue weighted by atomic mass is 10.1. The van der Waals surface area contributed by atoms with E-state index >= 15 is 0 Å². The van der Waals surface area contributed by atoms with Gasteiger partial charge in [0.1, 0.15) is 0 Å². The molecule has 1 atom stereocenters. The highest BCUT2D eigenvalue weighted by atomic mass is 19.2. The molecule has 0 aromatic heterocycles. The number of nitrogens with zero attached hydrogens (tertiary/aromatic N) is 1. The SMILES string of the molecule is CN=C(NCCCC1CC1)NC(C)c1ccc(F)c(F)c1. The van der Waals surface area contributed by atoms with Gasteiger partial charge in [-0.15, -0.1) is 0 Å². The maximum Gasteiger partial charge on any atom is 0.191 e. The molecule has 1 aliphatic rings. The van der Waals surface area contributed by atoms with Gasteiger partial charge >= 0.3 is 0 Å². The average Bonchev–Trinajstić information content (AvgIpc) is 3.29. The molecule has 1 aliphatic carbocycles. The van der Waals surface area contributed by atoms with Gasteiger partial charge in [-0.1, -0.05) is 18.9 Å². The Morgan fingerprint density at radius 1 is 1.33 bits per heavy atom. The number of rotatable bonds is 6. The van der Waals surface area contributed by atoms with Crippen LogP contribution in [0.15, 0.2) is 23.2 Å². The van der Waals surface area contributed by atoms with Crippen molar-refractivity contribution in [2.45, 2.75) is 38.6 Å². The number of nitrogens with one attached hydrogen (secondary N) is 2. The smallest absolute Gasteiger partial charge is 0.191 e. The van der Waals surface area contributed by atoms with Crippen molar-refractivity contribution in [1.29, 1.82) is 0 Å².